The molecule has 0 bridgehead atoms. The lowest BCUT2D eigenvalue weighted by Crippen LogP contribution is -2.36. The van der Waals surface area contributed by atoms with Gasteiger partial charge in [0.25, 0.3) is 11.8 Å². The number of hydrogen-bond donors (Lipinski definition) is 0. The third-order valence-corrected chi connectivity index (χ3v) is 8.13. The highest BCUT2D eigenvalue weighted by Gasteiger charge is 2.37. The Bertz CT molecular complexity index is 934. The molecular weight excluding hydrogens is 441 g/mol. The molecule has 2 aromatic rings. The fourth-order valence-corrected chi connectivity index (χ4v) is 6.15. The van der Waals surface area contributed by atoms with Crippen molar-refractivity contribution < 1.29 is 19.1 Å². The van der Waals surface area contributed by atoms with E-state index in [2.05, 4.69) is 0 Å². The van der Waals surface area contributed by atoms with Crippen molar-refractivity contribution in [2.45, 2.75) is 4.58 Å². The van der Waals surface area contributed by atoms with Gasteiger partial charge >= 0.3 is 5.97 Å². The van der Waals surface area contributed by atoms with Gasteiger partial charge in [0.05, 0.1) is 25.8 Å². The van der Waals surface area contributed by atoms with Crippen LogP contribution in [0.5, 0.6) is 5.75 Å². The van der Waals surface area contributed by atoms with Gasteiger partial charge < -0.3 is 4.74 Å². The van der Waals surface area contributed by atoms with Crippen molar-refractivity contribution in [3.05, 3.63) is 63.1 Å². The first-order valence-corrected chi connectivity index (χ1v) is 11.2. The molecule has 4 rings (SSSR count). The molecule has 0 saturated carbocycles. The minimum Gasteiger partial charge on any atom is -0.425 e. The van der Waals surface area contributed by atoms with Crippen molar-refractivity contribution in [2.24, 2.45) is 0 Å². The Kier molecular flexibility index (Phi) is 5.60. The summed E-state index contributed by atoms with van der Waals surface area (Å²) < 4.78 is 5.69. The minimum absolute atomic E-state index is 0.128. The highest BCUT2D eigenvalue weighted by Crippen LogP contribution is 2.45. The number of benzene rings is 2. The van der Waals surface area contributed by atoms with Gasteiger partial charge in [-0.1, -0.05) is 35.3 Å². The van der Waals surface area contributed by atoms with Crippen molar-refractivity contribution in [1.29, 1.82) is 0 Å². The van der Waals surface area contributed by atoms with Crippen LogP contribution in [0.4, 0.5) is 0 Å². The molecule has 0 aromatic heterocycles. The lowest BCUT2D eigenvalue weighted by Gasteiger charge is -2.13. The van der Waals surface area contributed by atoms with Crippen LogP contribution in [-0.4, -0.2) is 40.7 Å². The second kappa shape index (κ2) is 7.99. The molecule has 0 aliphatic carbocycles. The summed E-state index contributed by atoms with van der Waals surface area (Å²) in [6, 6.07) is 9.95. The molecule has 2 heterocycles. The smallest absolute Gasteiger partial charge is 0.331 e. The predicted octanol–water partition coefficient (Wildman–Crippen LogP) is 4.67. The zero-order valence-corrected chi connectivity index (χ0v) is 17.5. The van der Waals surface area contributed by atoms with Crippen LogP contribution in [-0.2, 0) is 4.79 Å². The van der Waals surface area contributed by atoms with Crippen molar-refractivity contribution >= 4 is 64.5 Å². The number of esters is 1. The molecule has 2 aliphatic heterocycles. The Labute approximate surface area is 179 Å². The number of imide groups is 1. The summed E-state index contributed by atoms with van der Waals surface area (Å²) >= 11 is 15.6. The number of ether oxygens (including phenoxy) is 1. The molecule has 28 heavy (non-hydrogen) atoms. The van der Waals surface area contributed by atoms with Crippen molar-refractivity contribution in [2.75, 3.05) is 18.1 Å². The average molecular weight is 454 g/mol. The summed E-state index contributed by atoms with van der Waals surface area (Å²) in [6.07, 6.45) is 0. The Morgan fingerprint density at radius 1 is 1.00 bits per heavy atom. The maximum Gasteiger partial charge on any atom is 0.331 e. The number of hydrogen-bond acceptors (Lipinski definition) is 6. The van der Waals surface area contributed by atoms with Crippen LogP contribution < -0.4 is 4.74 Å². The minimum atomic E-state index is -0.705. The second-order valence-corrected chi connectivity index (χ2v) is 9.66. The van der Waals surface area contributed by atoms with Gasteiger partial charge in [0.15, 0.2) is 0 Å². The van der Waals surface area contributed by atoms with Crippen molar-refractivity contribution in [3.63, 3.8) is 0 Å². The molecule has 0 unspecified atom stereocenters. The van der Waals surface area contributed by atoms with E-state index in [1.807, 2.05) is 35.7 Å². The topological polar surface area (TPSA) is 63.7 Å². The molecule has 2 aromatic carbocycles. The van der Waals surface area contributed by atoms with E-state index in [1.165, 1.54) is 17.7 Å². The molecular formula is C19H13Cl2NO4S2. The Morgan fingerprint density at radius 3 is 2.07 bits per heavy atom. The van der Waals surface area contributed by atoms with E-state index in [9.17, 15) is 14.4 Å². The van der Waals surface area contributed by atoms with E-state index < -0.39 is 24.3 Å². The zero-order valence-electron chi connectivity index (χ0n) is 14.3. The molecule has 2 aliphatic rings. The largest absolute Gasteiger partial charge is 0.425 e. The SMILES string of the molecule is O=C(CN1C(=O)c2cc(Cl)c(Cl)cc2C1=O)Oc1ccc(C2SCCS2)cc1. The third-order valence-electron chi connectivity index (χ3n) is 4.30. The fourth-order valence-electron chi connectivity index (χ4n) is 2.96. The molecule has 0 N–H and O–H groups in total. The maximum absolute atomic E-state index is 12.4. The maximum atomic E-state index is 12.4. The summed E-state index contributed by atoms with van der Waals surface area (Å²) in [4.78, 5) is 38.0. The molecule has 5 nitrogen and oxygen atoms in total. The summed E-state index contributed by atoms with van der Waals surface area (Å²) in [5, 5.41) is 0.342. The van der Waals surface area contributed by atoms with Gasteiger partial charge in [0, 0.05) is 11.5 Å². The van der Waals surface area contributed by atoms with E-state index in [0.717, 1.165) is 16.4 Å². The van der Waals surface area contributed by atoms with Crippen molar-refractivity contribution in [3.8, 4) is 5.75 Å². The van der Waals surface area contributed by atoms with E-state index in [0.29, 0.717) is 10.3 Å². The summed E-state index contributed by atoms with van der Waals surface area (Å²) in [5.41, 5.74) is 1.42. The van der Waals surface area contributed by atoms with E-state index in [-0.39, 0.29) is 21.2 Å². The fraction of sp³-hybridized carbons (Fsp3) is 0.211. The van der Waals surface area contributed by atoms with Crippen LogP contribution in [0.2, 0.25) is 10.0 Å². The Balaban J connectivity index is 1.42. The van der Waals surface area contributed by atoms with Crippen LogP contribution in [0.25, 0.3) is 0 Å². The van der Waals surface area contributed by atoms with Gasteiger partial charge in [-0.25, -0.2) is 4.79 Å². The van der Waals surface area contributed by atoms with E-state index in [1.54, 1.807) is 12.1 Å². The number of halogens is 2. The van der Waals surface area contributed by atoms with Gasteiger partial charge in [-0.15, -0.1) is 23.5 Å². The third kappa shape index (κ3) is 3.76. The lowest BCUT2D eigenvalue weighted by atomic mass is 10.1. The summed E-state index contributed by atoms with van der Waals surface area (Å²) in [6.45, 7) is -0.488. The molecule has 1 fully saturated rings. The number of carbonyl (C=O) groups is 3. The van der Waals surface area contributed by atoms with Gasteiger partial charge in [0.1, 0.15) is 12.3 Å². The number of carbonyl (C=O) groups excluding carboxylic acids is 3. The number of fused-ring (bicyclic) bond motifs is 1. The molecule has 2 amide bonds. The van der Waals surface area contributed by atoms with Crippen LogP contribution >= 0.6 is 46.7 Å². The number of amides is 2. The van der Waals surface area contributed by atoms with Crippen LogP contribution in [0.15, 0.2) is 36.4 Å². The molecule has 9 heteroatoms. The number of thioether (sulfide) groups is 2. The van der Waals surface area contributed by atoms with Crippen LogP contribution in [0.1, 0.15) is 30.9 Å². The standard InChI is InChI=1S/C19H13Cl2NO4S2/c20-14-7-12-13(8-15(14)21)18(25)22(17(12)24)9-16(23)26-11-3-1-10(2-4-11)19-27-5-6-28-19/h1-4,7-8,19H,5-6,9H2. The van der Waals surface area contributed by atoms with Gasteiger partial charge in [-0.3, -0.25) is 14.5 Å². The Hall–Kier alpha value is -1.67. The molecule has 144 valence electrons. The first-order valence-electron chi connectivity index (χ1n) is 8.33. The van der Waals surface area contributed by atoms with Gasteiger partial charge in [0.2, 0.25) is 0 Å². The molecule has 0 spiro atoms. The summed E-state index contributed by atoms with van der Waals surface area (Å²) in [7, 11) is 0. The molecule has 0 radical (unpaired) electrons. The number of nitrogens with zero attached hydrogens (tertiary/aromatic N) is 1. The first-order chi connectivity index (χ1) is 13.4. The lowest BCUT2D eigenvalue weighted by molar-refractivity contribution is -0.134. The normalized spacial score (nSPS) is 16.6. The van der Waals surface area contributed by atoms with Crippen LogP contribution in [0, 0.1) is 0 Å². The molecule has 1 saturated heterocycles. The van der Waals surface area contributed by atoms with E-state index in [4.69, 9.17) is 27.9 Å². The highest BCUT2D eigenvalue weighted by atomic mass is 35.5. The first kappa shape index (κ1) is 19.6. The number of rotatable bonds is 4. The quantitative estimate of drug-likeness (QED) is 0.380. The van der Waals surface area contributed by atoms with E-state index >= 15 is 0 Å². The Morgan fingerprint density at radius 2 is 1.54 bits per heavy atom. The summed E-state index contributed by atoms with van der Waals surface area (Å²) in [5.74, 6) is 0.724. The van der Waals surface area contributed by atoms with Crippen molar-refractivity contribution in [1.82, 2.24) is 4.90 Å². The predicted molar refractivity (Wildman–Crippen MR) is 112 cm³/mol. The monoisotopic (exact) mass is 453 g/mol. The molecule has 0 atom stereocenters. The second-order valence-electron chi connectivity index (χ2n) is 6.12. The highest BCUT2D eigenvalue weighted by molar-refractivity contribution is 8.19. The van der Waals surface area contributed by atoms with Gasteiger partial charge in [-0.05, 0) is 29.8 Å². The zero-order chi connectivity index (χ0) is 19.8. The van der Waals surface area contributed by atoms with Crippen LogP contribution in [0.3, 0.4) is 0 Å². The van der Waals surface area contributed by atoms with Gasteiger partial charge in [-0.2, -0.15) is 0 Å². The average Bonchev–Trinajstić information content (AvgIpc) is 3.28.